The van der Waals surface area contributed by atoms with Crippen LogP contribution in [0.5, 0.6) is 0 Å². The molecule has 1 saturated heterocycles. The van der Waals surface area contributed by atoms with Crippen molar-refractivity contribution in [2.45, 2.75) is 88.6 Å². The van der Waals surface area contributed by atoms with E-state index < -0.39 is 0 Å². The van der Waals surface area contributed by atoms with E-state index >= 15 is 0 Å². The van der Waals surface area contributed by atoms with Crippen LogP contribution in [0.1, 0.15) is 77.0 Å². The zero-order valence-corrected chi connectivity index (χ0v) is 16.0. The summed E-state index contributed by atoms with van der Waals surface area (Å²) in [6.07, 6.45) is 16.8. The average Bonchev–Trinajstić information content (AvgIpc) is 3.25. The molecule has 0 aromatic heterocycles. The first kappa shape index (κ1) is 17.1. The number of thiocarbonyl (C=S) groups is 1. The first-order valence-electron chi connectivity index (χ1n) is 10.5. The molecule has 1 aliphatic heterocycles. The second-order valence-electron chi connectivity index (χ2n) is 8.94. The van der Waals surface area contributed by atoms with Gasteiger partial charge in [-0.1, -0.05) is 32.1 Å². The van der Waals surface area contributed by atoms with Crippen LogP contribution in [0.25, 0.3) is 0 Å². The molecule has 4 aliphatic rings. The number of rotatable bonds is 4. The third kappa shape index (κ3) is 3.60. The normalized spacial score (nSPS) is 35.8. The Hall–Kier alpha value is -0.350. The van der Waals surface area contributed by atoms with Crippen LogP contribution in [0, 0.1) is 11.8 Å². The van der Waals surface area contributed by atoms with E-state index in [4.69, 9.17) is 12.2 Å². The van der Waals surface area contributed by atoms with Crippen molar-refractivity contribution in [2.24, 2.45) is 11.8 Å². The summed E-state index contributed by atoms with van der Waals surface area (Å²) in [5.41, 5.74) is 0.374. The van der Waals surface area contributed by atoms with E-state index in [-0.39, 0.29) is 0 Å². The maximum Gasteiger partial charge on any atom is 0.166 e. The fraction of sp³-hybridized carbons (Fsp3) is 0.950. The average molecular weight is 350 g/mol. The van der Waals surface area contributed by atoms with Crippen LogP contribution in [0.4, 0.5) is 0 Å². The van der Waals surface area contributed by atoms with Gasteiger partial charge in [0.05, 0.1) is 0 Å². The van der Waals surface area contributed by atoms with Crippen molar-refractivity contribution in [3.8, 4) is 0 Å². The number of hydrogen-bond donors (Lipinski definition) is 2. The van der Waals surface area contributed by atoms with Crippen molar-refractivity contribution < 1.29 is 0 Å². The SMILES string of the molecule is S=C(NCC1(N2CCCCC2)CCCCC1)N[C@@H]1C[C@H]2CC[C@H]1C2. The second-order valence-corrected chi connectivity index (χ2v) is 9.35. The highest BCUT2D eigenvalue weighted by Crippen LogP contribution is 2.44. The number of fused-ring (bicyclic) bond motifs is 2. The number of hydrogen-bond acceptors (Lipinski definition) is 2. The zero-order chi connectivity index (χ0) is 16.4. The van der Waals surface area contributed by atoms with Crippen LogP contribution in [-0.4, -0.2) is 41.2 Å². The number of nitrogens with one attached hydrogen (secondary N) is 2. The Kier molecular flexibility index (Phi) is 5.33. The van der Waals surface area contributed by atoms with E-state index in [2.05, 4.69) is 15.5 Å². The molecule has 3 saturated carbocycles. The standard InChI is InChI=1S/C20H35N3S/c24-19(22-18-14-16-7-8-17(18)13-16)21-15-20(9-3-1-4-10-20)23-11-5-2-6-12-23/h16-18H,1-15H2,(H2,21,22,24)/t16-,17-,18+/m0/s1. The minimum Gasteiger partial charge on any atom is -0.361 e. The quantitative estimate of drug-likeness (QED) is 0.754. The van der Waals surface area contributed by atoms with Gasteiger partial charge in [-0.05, 0) is 82.1 Å². The summed E-state index contributed by atoms with van der Waals surface area (Å²) in [5, 5.41) is 8.25. The summed E-state index contributed by atoms with van der Waals surface area (Å²) in [5.74, 6) is 1.87. The molecule has 2 bridgehead atoms. The molecule has 4 fully saturated rings. The topological polar surface area (TPSA) is 27.3 Å². The van der Waals surface area contributed by atoms with Crippen molar-refractivity contribution in [3.63, 3.8) is 0 Å². The minimum absolute atomic E-state index is 0.374. The van der Waals surface area contributed by atoms with Gasteiger partial charge in [-0.25, -0.2) is 0 Å². The predicted molar refractivity (Wildman–Crippen MR) is 104 cm³/mol. The molecule has 2 N–H and O–H groups in total. The molecule has 0 unspecified atom stereocenters. The van der Waals surface area contributed by atoms with E-state index in [1.54, 1.807) is 0 Å². The lowest BCUT2D eigenvalue weighted by Crippen LogP contribution is -2.59. The van der Waals surface area contributed by atoms with E-state index in [9.17, 15) is 0 Å². The third-order valence-electron chi connectivity index (χ3n) is 7.44. The van der Waals surface area contributed by atoms with Gasteiger partial charge in [0.1, 0.15) is 0 Å². The van der Waals surface area contributed by atoms with Crippen molar-refractivity contribution in [3.05, 3.63) is 0 Å². The van der Waals surface area contributed by atoms with E-state index in [1.807, 2.05) is 0 Å². The molecule has 1 heterocycles. The van der Waals surface area contributed by atoms with Gasteiger partial charge in [0, 0.05) is 18.1 Å². The largest absolute Gasteiger partial charge is 0.361 e. The van der Waals surface area contributed by atoms with Crippen LogP contribution >= 0.6 is 12.2 Å². The smallest absolute Gasteiger partial charge is 0.166 e. The summed E-state index contributed by atoms with van der Waals surface area (Å²) in [6, 6.07) is 0.654. The highest BCUT2D eigenvalue weighted by atomic mass is 32.1. The van der Waals surface area contributed by atoms with Crippen molar-refractivity contribution >= 4 is 17.3 Å². The van der Waals surface area contributed by atoms with E-state index in [1.165, 1.54) is 90.1 Å². The fourth-order valence-corrected chi connectivity index (χ4v) is 6.29. The first-order chi connectivity index (χ1) is 11.8. The van der Waals surface area contributed by atoms with Gasteiger partial charge in [0.2, 0.25) is 0 Å². The maximum absolute atomic E-state index is 5.69. The summed E-state index contributed by atoms with van der Waals surface area (Å²) in [6.45, 7) is 3.65. The number of piperidine rings is 1. The molecule has 3 atom stereocenters. The summed E-state index contributed by atoms with van der Waals surface area (Å²) >= 11 is 5.69. The molecule has 0 aromatic rings. The van der Waals surface area contributed by atoms with Gasteiger partial charge in [0.25, 0.3) is 0 Å². The Morgan fingerprint density at radius 1 is 0.958 bits per heavy atom. The van der Waals surface area contributed by atoms with E-state index in [0.29, 0.717) is 11.6 Å². The van der Waals surface area contributed by atoms with E-state index in [0.717, 1.165) is 23.5 Å². The predicted octanol–water partition coefficient (Wildman–Crippen LogP) is 3.83. The Balaban J connectivity index is 1.31. The zero-order valence-electron chi connectivity index (χ0n) is 15.2. The molecule has 0 spiro atoms. The van der Waals surface area contributed by atoms with Gasteiger partial charge in [-0.3, -0.25) is 4.90 Å². The van der Waals surface area contributed by atoms with Crippen LogP contribution < -0.4 is 10.6 Å². The second kappa shape index (κ2) is 7.49. The molecular weight excluding hydrogens is 314 g/mol. The Bertz CT molecular complexity index is 440. The molecule has 0 radical (unpaired) electrons. The van der Waals surface area contributed by atoms with Crippen LogP contribution in [0.3, 0.4) is 0 Å². The Morgan fingerprint density at radius 2 is 1.71 bits per heavy atom. The lowest BCUT2D eigenvalue weighted by molar-refractivity contribution is 0.0369. The number of likely N-dealkylation sites (tertiary alicyclic amines) is 1. The monoisotopic (exact) mass is 349 g/mol. The first-order valence-corrected chi connectivity index (χ1v) is 11.0. The molecule has 4 rings (SSSR count). The van der Waals surface area contributed by atoms with Crippen molar-refractivity contribution in [2.75, 3.05) is 19.6 Å². The highest BCUT2D eigenvalue weighted by Gasteiger charge is 2.41. The van der Waals surface area contributed by atoms with Crippen LogP contribution in [-0.2, 0) is 0 Å². The third-order valence-corrected chi connectivity index (χ3v) is 7.71. The van der Waals surface area contributed by atoms with Gasteiger partial charge >= 0.3 is 0 Å². The Labute approximate surface area is 153 Å². The lowest BCUT2D eigenvalue weighted by Gasteiger charge is -2.48. The van der Waals surface area contributed by atoms with Crippen molar-refractivity contribution in [1.82, 2.24) is 15.5 Å². The molecular formula is C20H35N3S. The summed E-state index contributed by atoms with van der Waals surface area (Å²) in [7, 11) is 0. The Morgan fingerprint density at radius 3 is 2.38 bits per heavy atom. The molecule has 0 amide bonds. The molecule has 24 heavy (non-hydrogen) atoms. The van der Waals surface area contributed by atoms with Crippen LogP contribution in [0.2, 0.25) is 0 Å². The summed E-state index contributed by atoms with van der Waals surface area (Å²) in [4.78, 5) is 2.81. The summed E-state index contributed by atoms with van der Waals surface area (Å²) < 4.78 is 0. The highest BCUT2D eigenvalue weighted by molar-refractivity contribution is 7.80. The van der Waals surface area contributed by atoms with Crippen molar-refractivity contribution in [1.29, 1.82) is 0 Å². The van der Waals surface area contributed by atoms with Crippen LogP contribution in [0.15, 0.2) is 0 Å². The van der Waals surface area contributed by atoms with Gasteiger partial charge in [-0.2, -0.15) is 0 Å². The molecule has 3 nitrogen and oxygen atoms in total. The molecule has 3 aliphatic carbocycles. The van der Waals surface area contributed by atoms with Gasteiger partial charge < -0.3 is 10.6 Å². The molecule has 136 valence electrons. The van der Waals surface area contributed by atoms with Gasteiger partial charge in [-0.15, -0.1) is 0 Å². The minimum atomic E-state index is 0.374. The number of nitrogens with zero attached hydrogens (tertiary/aromatic N) is 1. The van der Waals surface area contributed by atoms with Gasteiger partial charge in [0.15, 0.2) is 5.11 Å². The molecule has 4 heteroatoms. The lowest BCUT2D eigenvalue weighted by atomic mass is 9.79. The fourth-order valence-electron chi connectivity index (χ4n) is 6.07. The molecule has 0 aromatic carbocycles. The maximum atomic E-state index is 5.69.